The number of aliphatic hydroxyl groups excluding tert-OH is 1. The van der Waals surface area contributed by atoms with Gasteiger partial charge in [0.2, 0.25) is 0 Å². The average molecular weight is 536 g/mol. The molecule has 0 bridgehead atoms. The van der Waals surface area contributed by atoms with Crippen LogP contribution in [-0.4, -0.2) is 27.9 Å². The topological polar surface area (TPSA) is 83.6 Å². The summed E-state index contributed by atoms with van der Waals surface area (Å²) < 4.78 is 5.59. The fourth-order valence-electron chi connectivity index (χ4n) is 12.1. The molecule has 4 fully saturated rings. The van der Waals surface area contributed by atoms with Gasteiger partial charge in [-0.25, -0.2) is 4.79 Å². The average Bonchev–Trinajstić information content (AvgIpc) is 3.50. The van der Waals surface area contributed by atoms with E-state index in [0.717, 1.165) is 24.8 Å². The molecule has 9 atom stereocenters. The molecule has 6 rings (SSSR count). The fraction of sp³-hybridized carbons (Fsp3) is 0.765. The molecule has 5 aliphatic carbocycles. The van der Waals surface area contributed by atoms with E-state index in [-0.39, 0.29) is 32.8 Å². The van der Waals surface area contributed by atoms with E-state index in [9.17, 15) is 15.0 Å². The van der Waals surface area contributed by atoms with Gasteiger partial charge >= 0.3 is 5.97 Å². The fourth-order valence-corrected chi connectivity index (χ4v) is 12.1. The van der Waals surface area contributed by atoms with Gasteiger partial charge in [-0.15, -0.1) is 0 Å². The minimum Gasteiger partial charge on any atom is -0.476 e. The van der Waals surface area contributed by atoms with Crippen molar-refractivity contribution in [3.8, 4) is 0 Å². The summed E-state index contributed by atoms with van der Waals surface area (Å²) in [5.74, 6) is 2.46. The van der Waals surface area contributed by atoms with Crippen LogP contribution >= 0.6 is 0 Å². The van der Waals surface area contributed by atoms with Gasteiger partial charge in [0.15, 0.2) is 11.5 Å². The number of allylic oxidation sites excluding steroid dienone is 3. The highest BCUT2D eigenvalue weighted by atomic mass is 16.5. The summed E-state index contributed by atoms with van der Waals surface area (Å²) in [5.41, 5.74) is 3.09. The molecule has 2 N–H and O–H groups in total. The third-order valence-electron chi connectivity index (χ3n) is 14.1. The van der Waals surface area contributed by atoms with Crippen molar-refractivity contribution in [1.29, 1.82) is 0 Å². The van der Waals surface area contributed by atoms with E-state index in [4.69, 9.17) is 4.52 Å². The normalized spacial score (nSPS) is 46.3. The highest BCUT2D eigenvalue weighted by Gasteiger charge is 2.70. The molecule has 1 aromatic rings. The van der Waals surface area contributed by atoms with E-state index < -0.39 is 5.97 Å². The van der Waals surface area contributed by atoms with Crippen molar-refractivity contribution >= 4 is 11.5 Å². The van der Waals surface area contributed by atoms with Crippen LogP contribution in [0.3, 0.4) is 0 Å². The van der Waals surface area contributed by atoms with Gasteiger partial charge in [-0.1, -0.05) is 58.0 Å². The predicted octanol–water partition coefficient (Wildman–Crippen LogP) is 8.02. The number of fused-ring (bicyclic) bond motifs is 7. The number of carbonyl (C=O) groups is 1. The Labute approximate surface area is 234 Å². The third kappa shape index (κ3) is 3.41. The molecule has 39 heavy (non-hydrogen) atoms. The summed E-state index contributed by atoms with van der Waals surface area (Å²) in [6, 6.07) is 1.60. The first-order valence-electron chi connectivity index (χ1n) is 15.4. The number of aromatic carboxylic acids is 1. The zero-order valence-corrected chi connectivity index (χ0v) is 25.0. The number of carboxylic acid groups (broad SMARTS) is 1. The molecule has 9 unspecified atom stereocenters. The van der Waals surface area contributed by atoms with E-state index >= 15 is 0 Å². The Morgan fingerprint density at radius 1 is 1.03 bits per heavy atom. The summed E-state index contributed by atoms with van der Waals surface area (Å²) in [7, 11) is 0. The molecule has 0 amide bonds. The number of hydrogen-bond donors (Lipinski definition) is 2. The van der Waals surface area contributed by atoms with Gasteiger partial charge in [0.1, 0.15) is 0 Å². The van der Waals surface area contributed by atoms with Crippen LogP contribution in [0.5, 0.6) is 0 Å². The first-order valence-corrected chi connectivity index (χ1v) is 15.4. The number of carboxylic acids is 1. The molecule has 0 saturated heterocycles. The van der Waals surface area contributed by atoms with Crippen LogP contribution in [-0.2, 0) is 0 Å². The Morgan fingerprint density at radius 2 is 1.77 bits per heavy atom. The molecule has 0 aliphatic heterocycles. The minimum atomic E-state index is -1.05. The van der Waals surface area contributed by atoms with Crippen molar-refractivity contribution in [2.75, 3.05) is 6.61 Å². The van der Waals surface area contributed by atoms with Gasteiger partial charge in [0.05, 0.1) is 0 Å². The molecule has 0 radical (unpaired) electrons. The van der Waals surface area contributed by atoms with Crippen LogP contribution in [0.25, 0.3) is 5.57 Å². The molecule has 5 heteroatoms. The molecule has 5 nitrogen and oxygen atoms in total. The SMILES string of the molecule is C=C(C)C1CCC2(CO)CCC3(C)C(CCC4C5(C)CC=C(c6cc(C(=O)O)no6)C(C)(C)C5CCC43C)C12. The second kappa shape index (κ2) is 8.57. The summed E-state index contributed by atoms with van der Waals surface area (Å²) in [6.07, 6.45) is 13.0. The molecular weight excluding hydrogens is 486 g/mol. The maximum atomic E-state index is 11.5. The third-order valence-corrected chi connectivity index (χ3v) is 14.1. The van der Waals surface area contributed by atoms with Gasteiger partial charge in [-0.2, -0.15) is 0 Å². The molecule has 0 spiro atoms. The van der Waals surface area contributed by atoms with E-state index in [1.807, 2.05) is 0 Å². The number of rotatable bonds is 4. The first-order chi connectivity index (χ1) is 18.2. The summed E-state index contributed by atoms with van der Waals surface area (Å²) in [4.78, 5) is 11.5. The van der Waals surface area contributed by atoms with E-state index in [2.05, 4.69) is 59.4 Å². The van der Waals surface area contributed by atoms with Gasteiger partial charge in [-0.05, 0) is 127 Å². The van der Waals surface area contributed by atoms with Gasteiger partial charge in [0, 0.05) is 12.7 Å². The summed E-state index contributed by atoms with van der Waals surface area (Å²) in [5, 5.41) is 24.0. The van der Waals surface area contributed by atoms with Crippen molar-refractivity contribution in [2.24, 2.45) is 56.7 Å². The lowest BCUT2D eigenvalue weighted by Crippen LogP contribution is -2.65. The first kappa shape index (κ1) is 27.3. The molecule has 1 heterocycles. The Balaban J connectivity index is 1.37. The van der Waals surface area contributed by atoms with Crippen LogP contribution < -0.4 is 0 Å². The summed E-state index contributed by atoms with van der Waals surface area (Å²) in [6.45, 7) is 19.5. The highest BCUT2D eigenvalue weighted by Crippen LogP contribution is 2.77. The molecule has 214 valence electrons. The smallest absolute Gasteiger partial charge is 0.358 e. The van der Waals surface area contributed by atoms with Crippen LogP contribution in [0.1, 0.15) is 116 Å². The van der Waals surface area contributed by atoms with Crippen molar-refractivity contribution < 1.29 is 19.5 Å². The van der Waals surface area contributed by atoms with Crippen molar-refractivity contribution in [1.82, 2.24) is 5.16 Å². The summed E-state index contributed by atoms with van der Waals surface area (Å²) >= 11 is 0. The largest absolute Gasteiger partial charge is 0.476 e. The highest BCUT2D eigenvalue weighted by molar-refractivity contribution is 5.86. The van der Waals surface area contributed by atoms with E-state index in [1.165, 1.54) is 44.1 Å². The lowest BCUT2D eigenvalue weighted by Gasteiger charge is -2.72. The Hall–Kier alpha value is -1.88. The monoisotopic (exact) mass is 535 g/mol. The van der Waals surface area contributed by atoms with Crippen LogP contribution in [0.2, 0.25) is 0 Å². The Morgan fingerprint density at radius 3 is 2.41 bits per heavy atom. The quantitative estimate of drug-likeness (QED) is 0.381. The van der Waals surface area contributed by atoms with E-state index in [0.29, 0.717) is 42.0 Å². The van der Waals surface area contributed by atoms with Crippen LogP contribution in [0.15, 0.2) is 28.8 Å². The zero-order chi connectivity index (χ0) is 28.2. The Bertz CT molecular complexity index is 1230. The number of nitrogens with zero attached hydrogens (tertiary/aromatic N) is 1. The lowest BCUT2D eigenvalue weighted by atomic mass is 9.32. The van der Waals surface area contributed by atoms with E-state index in [1.54, 1.807) is 6.07 Å². The second-order valence-corrected chi connectivity index (χ2v) is 15.6. The van der Waals surface area contributed by atoms with Crippen molar-refractivity contribution in [3.63, 3.8) is 0 Å². The van der Waals surface area contributed by atoms with Crippen molar-refractivity contribution in [3.05, 3.63) is 35.7 Å². The maximum absolute atomic E-state index is 11.5. The van der Waals surface area contributed by atoms with Gasteiger partial charge < -0.3 is 14.7 Å². The number of hydrogen-bond acceptors (Lipinski definition) is 4. The Kier molecular flexibility index (Phi) is 6.00. The zero-order valence-electron chi connectivity index (χ0n) is 25.0. The molecule has 5 aliphatic rings. The van der Waals surface area contributed by atoms with Gasteiger partial charge in [-0.3, -0.25) is 0 Å². The molecular formula is C34H49NO4. The number of aliphatic hydroxyl groups is 1. The lowest BCUT2D eigenvalue weighted by molar-refractivity contribution is -0.228. The minimum absolute atomic E-state index is 0.0197. The van der Waals surface area contributed by atoms with Gasteiger partial charge in [0.25, 0.3) is 0 Å². The maximum Gasteiger partial charge on any atom is 0.358 e. The molecule has 4 saturated carbocycles. The standard InChI is InChI=1S/C34H49NO4/c1-20(2)21-10-15-34(19-36)17-16-32(6)23(28(21)34)8-9-27-31(5)13-11-22(25-18-24(29(37)38)35-39-25)30(3,4)26(31)12-14-33(27,32)7/h11,18,21,23,26-28,36H,1,8-10,12-17,19H2,2-7H3,(H,37,38). The van der Waals surface area contributed by atoms with Crippen LogP contribution in [0.4, 0.5) is 0 Å². The number of aromatic nitrogens is 1. The second-order valence-electron chi connectivity index (χ2n) is 15.6. The van der Waals surface area contributed by atoms with Crippen molar-refractivity contribution in [2.45, 2.75) is 99.3 Å². The molecule has 1 aromatic heterocycles. The predicted molar refractivity (Wildman–Crippen MR) is 153 cm³/mol. The molecule has 0 aromatic carbocycles. The van der Waals surface area contributed by atoms with Crippen LogP contribution in [0, 0.1) is 56.7 Å².